The molecule has 0 bridgehead atoms. The molecule has 0 saturated heterocycles. The van der Waals surface area contributed by atoms with Crippen molar-refractivity contribution in [2.45, 2.75) is 19.9 Å². The third-order valence-corrected chi connectivity index (χ3v) is 2.44. The van der Waals surface area contributed by atoms with Crippen molar-refractivity contribution >= 4 is 17.6 Å². The average molecular weight is 236 g/mol. The molecule has 0 saturated carbocycles. The second-order valence-electron chi connectivity index (χ2n) is 4.11. The van der Waals surface area contributed by atoms with Crippen LogP contribution in [0.15, 0.2) is 24.3 Å². The van der Waals surface area contributed by atoms with Gasteiger partial charge in [-0.2, -0.15) is 0 Å². The lowest BCUT2D eigenvalue weighted by Gasteiger charge is -2.16. The van der Waals surface area contributed by atoms with E-state index in [9.17, 15) is 9.59 Å². The summed E-state index contributed by atoms with van der Waals surface area (Å²) in [7, 11) is 0. The van der Waals surface area contributed by atoms with Crippen LogP contribution in [0.25, 0.3) is 0 Å². The monoisotopic (exact) mass is 236 g/mol. The Kier molecular flexibility index (Phi) is 4.23. The molecule has 4 N–H and O–H groups in total. The number of anilines is 1. The smallest absolute Gasteiger partial charge is 0.337 e. The molecule has 1 atom stereocenters. The van der Waals surface area contributed by atoms with E-state index < -0.39 is 12.0 Å². The van der Waals surface area contributed by atoms with E-state index in [0.717, 1.165) is 0 Å². The van der Waals surface area contributed by atoms with Gasteiger partial charge in [0.25, 0.3) is 0 Å². The highest BCUT2D eigenvalue weighted by molar-refractivity contribution is 6.02. The summed E-state index contributed by atoms with van der Waals surface area (Å²) < 4.78 is 0. The van der Waals surface area contributed by atoms with Gasteiger partial charge < -0.3 is 16.2 Å². The highest BCUT2D eigenvalue weighted by Crippen LogP contribution is 2.15. The van der Waals surface area contributed by atoms with Gasteiger partial charge in [0.1, 0.15) is 0 Å². The molecule has 5 nitrogen and oxygen atoms in total. The number of hydrogen-bond acceptors (Lipinski definition) is 3. The summed E-state index contributed by atoms with van der Waals surface area (Å²) in [6.45, 7) is 3.65. The summed E-state index contributed by atoms with van der Waals surface area (Å²) in [6, 6.07) is 5.56. The Hall–Kier alpha value is -1.88. The van der Waals surface area contributed by atoms with Gasteiger partial charge in [-0.1, -0.05) is 26.0 Å². The van der Waals surface area contributed by atoms with Gasteiger partial charge in [-0.3, -0.25) is 4.79 Å². The molecular formula is C12H16N2O3. The Bertz CT molecular complexity index is 430. The van der Waals surface area contributed by atoms with Crippen molar-refractivity contribution in [3.05, 3.63) is 29.8 Å². The van der Waals surface area contributed by atoms with E-state index in [-0.39, 0.29) is 23.1 Å². The Morgan fingerprint density at radius 2 is 1.88 bits per heavy atom. The first-order valence-corrected chi connectivity index (χ1v) is 5.32. The summed E-state index contributed by atoms with van der Waals surface area (Å²) in [6.07, 6.45) is 0. The maximum atomic E-state index is 11.7. The number of para-hydroxylation sites is 1. The van der Waals surface area contributed by atoms with E-state index in [1.807, 2.05) is 13.8 Å². The fourth-order valence-electron chi connectivity index (χ4n) is 1.30. The predicted octanol–water partition coefficient (Wildman–Crippen LogP) is 1.31. The Balaban J connectivity index is 2.89. The minimum absolute atomic E-state index is 0.00742. The quantitative estimate of drug-likeness (QED) is 0.734. The van der Waals surface area contributed by atoms with Crippen LogP contribution in [-0.4, -0.2) is 23.0 Å². The fraction of sp³-hybridized carbons (Fsp3) is 0.333. The van der Waals surface area contributed by atoms with E-state index in [4.69, 9.17) is 10.8 Å². The molecule has 0 unspecified atom stereocenters. The highest BCUT2D eigenvalue weighted by atomic mass is 16.4. The van der Waals surface area contributed by atoms with Gasteiger partial charge in [-0.05, 0) is 18.1 Å². The maximum absolute atomic E-state index is 11.7. The molecule has 0 aliphatic carbocycles. The number of nitrogens with one attached hydrogen (secondary N) is 1. The topological polar surface area (TPSA) is 92.4 Å². The second-order valence-corrected chi connectivity index (χ2v) is 4.11. The van der Waals surface area contributed by atoms with Crippen LogP contribution >= 0.6 is 0 Å². The SMILES string of the molecule is CC(C)[C@H](N)C(=O)Nc1ccccc1C(=O)O. The van der Waals surface area contributed by atoms with Crippen LogP contribution in [0.3, 0.4) is 0 Å². The number of nitrogens with two attached hydrogens (primary N) is 1. The minimum atomic E-state index is -1.08. The number of amides is 1. The van der Waals surface area contributed by atoms with Crippen LogP contribution in [0.4, 0.5) is 5.69 Å². The van der Waals surface area contributed by atoms with Crippen molar-refractivity contribution in [1.29, 1.82) is 0 Å². The van der Waals surface area contributed by atoms with E-state index >= 15 is 0 Å². The van der Waals surface area contributed by atoms with Gasteiger partial charge >= 0.3 is 5.97 Å². The number of carbonyl (C=O) groups is 2. The van der Waals surface area contributed by atoms with Crippen molar-refractivity contribution in [3.63, 3.8) is 0 Å². The zero-order chi connectivity index (χ0) is 13.0. The van der Waals surface area contributed by atoms with Gasteiger partial charge in [0.2, 0.25) is 5.91 Å². The van der Waals surface area contributed by atoms with Crippen molar-refractivity contribution in [1.82, 2.24) is 0 Å². The molecule has 0 heterocycles. The lowest BCUT2D eigenvalue weighted by atomic mass is 10.0. The second kappa shape index (κ2) is 5.45. The molecule has 0 radical (unpaired) electrons. The molecule has 1 aromatic carbocycles. The number of carboxylic acids is 1. The Morgan fingerprint density at radius 3 is 2.41 bits per heavy atom. The van der Waals surface area contributed by atoms with Crippen LogP contribution in [0.5, 0.6) is 0 Å². The zero-order valence-corrected chi connectivity index (χ0v) is 9.81. The van der Waals surface area contributed by atoms with Gasteiger partial charge in [0.05, 0.1) is 17.3 Å². The first-order valence-electron chi connectivity index (χ1n) is 5.32. The molecule has 5 heteroatoms. The molecular weight excluding hydrogens is 220 g/mol. The van der Waals surface area contributed by atoms with E-state index in [0.29, 0.717) is 0 Å². The van der Waals surface area contributed by atoms with Crippen molar-refractivity contribution in [2.75, 3.05) is 5.32 Å². The van der Waals surface area contributed by atoms with Crippen molar-refractivity contribution in [3.8, 4) is 0 Å². The van der Waals surface area contributed by atoms with E-state index in [1.165, 1.54) is 12.1 Å². The first-order chi connectivity index (χ1) is 7.93. The number of carboxylic acid groups (broad SMARTS) is 1. The molecule has 92 valence electrons. The van der Waals surface area contributed by atoms with Crippen molar-refractivity contribution < 1.29 is 14.7 Å². The number of hydrogen-bond donors (Lipinski definition) is 3. The van der Waals surface area contributed by atoms with Crippen molar-refractivity contribution in [2.24, 2.45) is 11.7 Å². The largest absolute Gasteiger partial charge is 0.478 e. The normalized spacial score (nSPS) is 12.2. The third kappa shape index (κ3) is 3.29. The summed E-state index contributed by atoms with van der Waals surface area (Å²) in [5.41, 5.74) is 5.99. The van der Waals surface area contributed by atoms with E-state index in [1.54, 1.807) is 12.1 Å². The molecule has 0 fully saturated rings. The number of rotatable bonds is 4. The molecule has 0 aliphatic heterocycles. The van der Waals surface area contributed by atoms with Crippen LogP contribution in [0.1, 0.15) is 24.2 Å². The van der Waals surface area contributed by atoms with E-state index in [2.05, 4.69) is 5.32 Å². The van der Waals surface area contributed by atoms with Crippen LogP contribution in [0, 0.1) is 5.92 Å². The fourth-order valence-corrected chi connectivity index (χ4v) is 1.30. The molecule has 0 aliphatic rings. The number of aromatic carboxylic acids is 1. The molecule has 0 spiro atoms. The number of benzene rings is 1. The Morgan fingerprint density at radius 1 is 1.29 bits per heavy atom. The van der Waals surface area contributed by atoms with Gasteiger partial charge in [0, 0.05) is 0 Å². The predicted molar refractivity (Wildman–Crippen MR) is 64.8 cm³/mol. The third-order valence-electron chi connectivity index (χ3n) is 2.44. The van der Waals surface area contributed by atoms with Crippen LogP contribution in [0.2, 0.25) is 0 Å². The molecule has 1 aromatic rings. The molecule has 17 heavy (non-hydrogen) atoms. The highest BCUT2D eigenvalue weighted by Gasteiger charge is 2.19. The van der Waals surface area contributed by atoms with Gasteiger partial charge in [0.15, 0.2) is 0 Å². The lowest BCUT2D eigenvalue weighted by molar-refractivity contribution is -0.118. The standard InChI is InChI=1S/C12H16N2O3/c1-7(2)10(13)11(15)14-9-6-4-3-5-8(9)12(16)17/h3-7,10H,13H2,1-2H3,(H,14,15)(H,16,17)/t10-/m0/s1. The summed E-state index contributed by atoms with van der Waals surface area (Å²) in [4.78, 5) is 22.6. The first kappa shape index (κ1) is 13.2. The van der Waals surface area contributed by atoms with Crippen LogP contribution < -0.4 is 11.1 Å². The zero-order valence-electron chi connectivity index (χ0n) is 9.81. The molecule has 0 aromatic heterocycles. The maximum Gasteiger partial charge on any atom is 0.337 e. The minimum Gasteiger partial charge on any atom is -0.478 e. The lowest BCUT2D eigenvalue weighted by Crippen LogP contribution is -2.40. The summed E-state index contributed by atoms with van der Waals surface area (Å²) in [5.74, 6) is -1.47. The average Bonchev–Trinajstić information content (AvgIpc) is 2.28. The summed E-state index contributed by atoms with van der Waals surface area (Å²) >= 11 is 0. The van der Waals surface area contributed by atoms with Crippen LogP contribution in [-0.2, 0) is 4.79 Å². The van der Waals surface area contributed by atoms with Gasteiger partial charge in [-0.15, -0.1) is 0 Å². The molecule has 1 rings (SSSR count). The number of carbonyl (C=O) groups excluding carboxylic acids is 1. The summed E-state index contributed by atoms with van der Waals surface area (Å²) in [5, 5.41) is 11.5. The Labute approximate surface area is 99.6 Å². The molecule has 1 amide bonds. The van der Waals surface area contributed by atoms with Gasteiger partial charge in [-0.25, -0.2) is 4.79 Å².